The van der Waals surface area contributed by atoms with Crippen molar-refractivity contribution in [2.75, 3.05) is 11.9 Å². The van der Waals surface area contributed by atoms with Gasteiger partial charge in [-0.05, 0) is 77.4 Å². The van der Waals surface area contributed by atoms with Crippen LogP contribution in [0, 0.1) is 5.92 Å². The second kappa shape index (κ2) is 11.3. The molecule has 1 N–H and O–H groups in total. The molecule has 1 fully saturated rings. The molecule has 1 amide bonds. The minimum atomic E-state index is -1.44. The molecular formula is C38H30N2O6. The first kappa shape index (κ1) is 29.0. The Morgan fingerprint density at radius 2 is 1.52 bits per heavy atom. The molecule has 1 spiro atoms. The average molecular weight is 611 g/mol. The second-order valence-corrected chi connectivity index (χ2v) is 11.6. The Kier molecular flexibility index (Phi) is 7.12. The van der Waals surface area contributed by atoms with Crippen LogP contribution in [0.4, 0.5) is 5.69 Å². The molecule has 0 bridgehead atoms. The zero-order chi connectivity index (χ0) is 32.0. The lowest BCUT2D eigenvalue weighted by Crippen LogP contribution is -2.49. The summed E-state index contributed by atoms with van der Waals surface area (Å²) in [6.07, 6.45) is 5.38. The molecule has 7 rings (SSSR count). The molecule has 4 atom stereocenters. The summed E-state index contributed by atoms with van der Waals surface area (Å²) in [6.45, 7) is 5.29. The monoisotopic (exact) mass is 610 g/mol. The van der Waals surface area contributed by atoms with Gasteiger partial charge in [-0.3, -0.25) is 19.2 Å². The van der Waals surface area contributed by atoms with Crippen LogP contribution in [0.25, 0.3) is 6.08 Å². The van der Waals surface area contributed by atoms with Crippen molar-refractivity contribution in [3.05, 3.63) is 144 Å². The van der Waals surface area contributed by atoms with Crippen LogP contribution in [-0.2, 0) is 15.0 Å². The Balaban J connectivity index is 1.44. The maximum Gasteiger partial charge on any atom is 0.308 e. The van der Waals surface area contributed by atoms with Gasteiger partial charge >= 0.3 is 5.97 Å². The Bertz CT molecular complexity index is 1930. The number of esters is 1. The number of Topliss-reactive ketones (excluding diaryl/α,β-unsaturated/α-hetero) is 2. The molecule has 228 valence electrons. The summed E-state index contributed by atoms with van der Waals surface area (Å²) < 4.78 is 10.8. The zero-order valence-electron chi connectivity index (χ0n) is 25.0. The summed E-state index contributed by atoms with van der Waals surface area (Å²) in [5, 5.41) is 3.06. The quantitative estimate of drug-likeness (QED) is 0.110. The van der Waals surface area contributed by atoms with Crippen LogP contribution in [0.5, 0.6) is 11.5 Å². The van der Waals surface area contributed by atoms with Crippen molar-refractivity contribution in [2.24, 2.45) is 5.92 Å². The SMILES string of the molecule is C=CCOc1ccc(C(=O)[C@H]2[C@H](C(=O)c3ccc(OC(C)=O)cc3)N3C=Cc4ccccc4[C@@H]3[C@@]23C(=O)Nc2ccccc23)cc1. The third-order valence-electron chi connectivity index (χ3n) is 9.03. The summed E-state index contributed by atoms with van der Waals surface area (Å²) in [5.74, 6) is -1.73. The topological polar surface area (TPSA) is 102 Å². The van der Waals surface area contributed by atoms with E-state index in [2.05, 4.69) is 11.9 Å². The Labute approximate surface area is 265 Å². The normalized spacial score (nSPS) is 22.0. The molecular weight excluding hydrogens is 580 g/mol. The average Bonchev–Trinajstić information content (AvgIpc) is 3.55. The highest BCUT2D eigenvalue weighted by atomic mass is 16.5. The number of para-hydroxylation sites is 1. The molecule has 0 unspecified atom stereocenters. The van der Waals surface area contributed by atoms with E-state index in [-0.39, 0.29) is 17.5 Å². The molecule has 0 radical (unpaired) electrons. The number of ether oxygens (including phenoxy) is 2. The minimum Gasteiger partial charge on any atom is -0.490 e. The number of hydrogen-bond acceptors (Lipinski definition) is 7. The third kappa shape index (κ3) is 4.44. The Morgan fingerprint density at radius 3 is 2.24 bits per heavy atom. The first-order chi connectivity index (χ1) is 22.3. The number of nitrogens with one attached hydrogen (secondary N) is 1. The molecule has 8 heteroatoms. The molecule has 1 saturated heterocycles. The fraction of sp³-hybridized carbons (Fsp3) is 0.158. The van der Waals surface area contributed by atoms with Crippen molar-refractivity contribution in [3.63, 3.8) is 0 Å². The van der Waals surface area contributed by atoms with Gasteiger partial charge in [-0.25, -0.2) is 0 Å². The van der Waals surface area contributed by atoms with E-state index >= 15 is 0 Å². The fourth-order valence-electron chi connectivity index (χ4n) is 7.24. The number of amides is 1. The Morgan fingerprint density at radius 1 is 0.870 bits per heavy atom. The van der Waals surface area contributed by atoms with Crippen molar-refractivity contribution >= 4 is 35.2 Å². The van der Waals surface area contributed by atoms with Gasteiger partial charge in [0.05, 0.1) is 12.0 Å². The lowest BCUT2D eigenvalue weighted by Gasteiger charge is -2.38. The molecule has 0 aliphatic carbocycles. The van der Waals surface area contributed by atoms with Gasteiger partial charge in [0.2, 0.25) is 5.91 Å². The van der Waals surface area contributed by atoms with Gasteiger partial charge in [-0.1, -0.05) is 55.1 Å². The van der Waals surface area contributed by atoms with E-state index in [4.69, 9.17) is 9.47 Å². The van der Waals surface area contributed by atoms with E-state index < -0.39 is 29.4 Å². The van der Waals surface area contributed by atoms with Crippen molar-refractivity contribution < 1.29 is 28.7 Å². The summed E-state index contributed by atoms with van der Waals surface area (Å²) in [5.41, 5.74) is 2.28. The van der Waals surface area contributed by atoms with Crippen LogP contribution in [0.15, 0.2) is 116 Å². The van der Waals surface area contributed by atoms with Gasteiger partial charge in [0.15, 0.2) is 11.6 Å². The summed E-state index contributed by atoms with van der Waals surface area (Å²) >= 11 is 0. The van der Waals surface area contributed by atoms with Crippen molar-refractivity contribution in [3.8, 4) is 11.5 Å². The van der Waals surface area contributed by atoms with Crippen LogP contribution >= 0.6 is 0 Å². The predicted molar refractivity (Wildman–Crippen MR) is 173 cm³/mol. The van der Waals surface area contributed by atoms with Crippen LogP contribution in [0.1, 0.15) is 50.4 Å². The van der Waals surface area contributed by atoms with Crippen LogP contribution < -0.4 is 14.8 Å². The molecule has 4 aromatic carbocycles. The number of anilines is 1. The van der Waals surface area contributed by atoms with Gasteiger partial charge in [-0.2, -0.15) is 0 Å². The standard InChI is InChI=1S/C38H30N2O6/c1-3-22-45-27-16-12-25(13-17-27)34(42)32-33(35(43)26-14-18-28(19-15-26)46-23(2)41)40-21-20-24-8-4-5-9-29(24)36(40)38(32)30-10-6-7-11-31(30)39-37(38)44/h3-21,32-33,36H,1,22H2,2H3,(H,39,44)/t32-,33-,36-,38+/m1/s1. The number of benzene rings is 4. The maximum absolute atomic E-state index is 15.0. The molecule has 3 aliphatic rings. The highest BCUT2D eigenvalue weighted by Gasteiger charge is 2.70. The van der Waals surface area contributed by atoms with E-state index in [9.17, 15) is 19.2 Å². The molecule has 46 heavy (non-hydrogen) atoms. The number of carbonyl (C=O) groups is 4. The summed E-state index contributed by atoms with van der Waals surface area (Å²) in [4.78, 5) is 57.7. The second-order valence-electron chi connectivity index (χ2n) is 11.6. The number of rotatable bonds is 8. The molecule has 0 saturated carbocycles. The maximum atomic E-state index is 15.0. The summed E-state index contributed by atoms with van der Waals surface area (Å²) in [6, 6.07) is 26.5. The van der Waals surface area contributed by atoms with Crippen LogP contribution in [0.3, 0.4) is 0 Å². The van der Waals surface area contributed by atoms with Gasteiger partial charge < -0.3 is 19.7 Å². The molecule has 4 aromatic rings. The lowest BCUT2D eigenvalue weighted by molar-refractivity contribution is -0.131. The number of hydrogen-bond donors (Lipinski definition) is 1. The van der Waals surface area contributed by atoms with Crippen molar-refractivity contribution in [1.82, 2.24) is 4.90 Å². The molecule has 8 nitrogen and oxygen atoms in total. The van der Waals surface area contributed by atoms with E-state index in [0.717, 1.165) is 11.1 Å². The highest BCUT2D eigenvalue weighted by molar-refractivity contribution is 6.16. The molecule has 3 heterocycles. The van der Waals surface area contributed by atoms with Crippen LogP contribution in [-0.4, -0.2) is 41.0 Å². The number of ketones is 2. The van der Waals surface area contributed by atoms with Gasteiger partial charge in [-0.15, -0.1) is 0 Å². The molecule has 3 aliphatic heterocycles. The van der Waals surface area contributed by atoms with Crippen LogP contribution in [0.2, 0.25) is 0 Å². The van der Waals surface area contributed by atoms with Gasteiger partial charge in [0.25, 0.3) is 0 Å². The predicted octanol–water partition coefficient (Wildman–Crippen LogP) is 6.16. The minimum absolute atomic E-state index is 0.298. The fourth-order valence-corrected chi connectivity index (χ4v) is 7.24. The molecule has 0 aromatic heterocycles. The number of nitrogens with zero attached hydrogens (tertiary/aromatic N) is 1. The van der Waals surface area contributed by atoms with E-state index in [1.54, 1.807) is 54.6 Å². The van der Waals surface area contributed by atoms with Crippen molar-refractivity contribution in [1.29, 1.82) is 0 Å². The first-order valence-electron chi connectivity index (χ1n) is 15.0. The lowest BCUT2D eigenvalue weighted by atomic mass is 9.62. The Hall–Kier alpha value is -5.76. The van der Waals surface area contributed by atoms with E-state index in [1.165, 1.54) is 6.92 Å². The van der Waals surface area contributed by atoms with E-state index in [0.29, 0.717) is 40.5 Å². The summed E-state index contributed by atoms with van der Waals surface area (Å²) in [7, 11) is 0. The number of fused-ring (bicyclic) bond motifs is 6. The zero-order valence-corrected chi connectivity index (χ0v) is 25.0. The third-order valence-corrected chi connectivity index (χ3v) is 9.03. The highest BCUT2D eigenvalue weighted by Crippen LogP contribution is 2.62. The van der Waals surface area contributed by atoms with Gasteiger partial charge in [0.1, 0.15) is 29.6 Å². The first-order valence-corrected chi connectivity index (χ1v) is 15.0. The van der Waals surface area contributed by atoms with Gasteiger partial charge in [0, 0.05) is 29.9 Å². The number of carbonyl (C=O) groups excluding carboxylic acids is 4. The van der Waals surface area contributed by atoms with E-state index in [1.807, 2.05) is 65.7 Å². The van der Waals surface area contributed by atoms with Crippen molar-refractivity contribution in [2.45, 2.75) is 24.4 Å². The smallest absolute Gasteiger partial charge is 0.308 e. The largest absolute Gasteiger partial charge is 0.490 e.